The summed E-state index contributed by atoms with van der Waals surface area (Å²) in [4.78, 5) is 57.2. The minimum atomic E-state index is -0.146. The topological polar surface area (TPSA) is 146 Å². The van der Waals surface area contributed by atoms with Crippen molar-refractivity contribution in [2.24, 2.45) is 0 Å². The highest BCUT2D eigenvalue weighted by Gasteiger charge is 2.27. The number of nitrogens with one attached hydrogen (secondary N) is 4. The molecule has 0 spiro atoms. The normalized spacial score (nSPS) is 14.1. The minimum Gasteiger partial charge on any atom is -0.359 e. The molecule has 5 aromatic heterocycles. The maximum Gasteiger partial charge on any atom is 0.256 e. The van der Waals surface area contributed by atoms with Gasteiger partial charge in [-0.3, -0.25) is 19.4 Å². The first-order valence-corrected chi connectivity index (χ1v) is 20.1. The number of rotatable bonds is 6. The smallest absolute Gasteiger partial charge is 0.256 e. The molecule has 7 aromatic rings. The Balaban J connectivity index is 0.000000175. The highest BCUT2D eigenvalue weighted by Crippen LogP contribution is 2.39. The first kappa shape index (κ1) is 39.7. The molecule has 12 heteroatoms. The monoisotopic (exact) mass is 805 g/mol. The summed E-state index contributed by atoms with van der Waals surface area (Å²) >= 11 is 3.19. The van der Waals surface area contributed by atoms with Crippen LogP contribution in [0.1, 0.15) is 80.3 Å². The predicted molar refractivity (Wildman–Crippen MR) is 238 cm³/mol. The molecule has 10 nitrogen and oxygen atoms in total. The molecule has 2 aliphatic rings. The number of aryl methyl sites for hydroxylation is 3. The number of hydrogen-bond donors (Lipinski definition) is 4. The lowest BCUT2D eigenvalue weighted by atomic mass is 10.0. The van der Waals surface area contributed by atoms with E-state index in [1.165, 1.54) is 5.56 Å². The number of carbonyl (C=O) groups is 3. The molecule has 2 amide bonds. The molecule has 0 atom stereocenters. The van der Waals surface area contributed by atoms with E-state index in [4.69, 9.17) is 4.98 Å². The number of amides is 2. The zero-order valence-corrected chi connectivity index (χ0v) is 34.1. The van der Waals surface area contributed by atoms with Crippen molar-refractivity contribution in [1.29, 1.82) is 0 Å². The number of Topliss-reactive ketones (excluding diaryl/α,β-unsaturated/α-hetero) is 1. The summed E-state index contributed by atoms with van der Waals surface area (Å²) < 4.78 is 0. The Morgan fingerprint density at radius 2 is 1.24 bits per heavy atom. The summed E-state index contributed by atoms with van der Waals surface area (Å²) in [6, 6.07) is 15.8. The molecular formula is C46H43N7O3S2. The molecule has 0 saturated heterocycles. The highest BCUT2D eigenvalue weighted by atomic mass is 32.1. The molecule has 9 rings (SSSR count). The van der Waals surface area contributed by atoms with Gasteiger partial charge in [-0.25, -0.2) is 9.97 Å². The number of aromatic amines is 2. The average molecular weight is 806 g/mol. The van der Waals surface area contributed by atoms with Gasteiger partial charge in [-0.15, -0.1) is 22.7 Å². The number of H-pyrrole nitrogens is 2. The molecule has 7 heterocycles. The Hall–Kier alpha value is -6.50. The Labute approximate surface area is 345 Å². The van der Waals surface area contributed by atoms with Crippen LogP contribution in [0.4, 0.5) is 11.4 Å². The first-order chi connectivity index (χ1) is 27.4. The molecule has 0 aliphatic carbocycles. The number of pyridine rings is 1. The van der Waals surface area contributed by atoms with E-state index in [-0.39, 0.29) is 25.0 Å². The molecule has 0 fully saturated rings. The second-order valence-corrected chi connectivity index (χ2v) is 16.1. The van der Waals surface area contributed by atoms with Crippen LogP contribution in [0.5, 0.6) is 0 Å². The van der Waals surface area contributed by atoms with Crippen molar-refractivity contribution >= 4 is 74.9 Å². The SMILES string of the molecule is C.CC(=O)c1c(C)[nH]c(/C=C2\C(=O)Nc3ccc(-c4csc(C)n4)cc32)c1C.Cc1[nH]c(/C=C2\C(=O)Nc3ccc(-c4csc(-c5cccnc5)n4)cc32)c(C)c1C. The Morgan fingerprint density at radius 3 is 1.74 bits per heavy atom. The maximum atomic E-state index is 12.7. The highest BCUT2D eigenvalue weighted by molar-refractivity contribution is 7.13. The second kappa shape index (κ2) is 15.8. The first-order valence-electron chi connectivity index (χ1n) is 18.4. The van der Waals surface area contributed by atoms with Crippen LogP contribution in [0.15, 0.2) is 71.7 Å². The van der Waals surface area contributed by atoms with E-state index in [0.717, 1.165) is 94.5 Å². The third-order valence-electron chi connectivity index (χ3n) is 10.5. The van der Waals surface area contributed by atoms with Crippen LogP contribution in [0, 0.1) is 41.5 Å². The quantitative estimate of drug-likeness (QED) is 0.0972. The van der Waals surface area contributed by atoms with Crippen LogP contribution < -0.4 is 10.6 Å². The largest absolute Gasteiger partial charge is 0.359 e. The zero-order valence-electron chi connectivity index (χ0n) is 32.5. The van der Waals surface area contributed by atoms with Crippen LogP contribution in [0.25, 0.3) is 56.4 Å². The van der Waals surface area contributed by atoms with Crippen molar-refractivity contribution in [3.05, 3.63) is 133 Å². The Morgan fingerprint density at radius 1 is 0.672 bits per heavy atom. The van der Waals surface area contributed by atoms with Gasteiger partial charge in [-0.05, 0) is 114 Å². The number of hydrogen-bond acceptors (Lipinski definition) is 8. The third kappa shape index (κ3) is 7.39. The van der Waals surface area contributed by atoms with E-state index in [2.05, 4.69) is 44.4 Å². The van der Waals surface area contributed by atoms with E-state index < -0.39 is 0 Å². The number of benzene rings is 2. The van der Waals surface area contributed by atoms with Gasteiger partial charge in [0.25, 0.3) is 11.8 Å². The van der Waals surface area contributed by atoms with Gasteiger partial charge < -0.3 is 20.6 Å². The van der Waals surface area contributed by atoms with Gasteiger partial charge >= 0.3 is 0 Å². The van der Waals surface area contributed by atoms with Gasteiger partial charge in [0.2, 0.25) is 0 Å². The number of ketones is 1. The molecule has 0 bridgehead atoms. The van der Waals surface area contributed by atoms with Crippen molar-refractivity contribution in [2.45, 2.75) is 55.9 Å². The van der Waals surface area contributed by atoms with Gasteiger partial charge in [0.05, 0.1) is 27.5 Å². The van der Waals surface area contributed by atoms with Crippen LogP contribution in [-0.4, -0.2) is 42.5 Å². The van der Waals surface area contributed by atoms with Crippen molar-refractivity contribution in [1.82, 2.24) is 24.9 Å². The summed E-state index contributed by atoms with van der Waals surface area (Å²) in [6.07, 6.45) is 7.34. The van der Waals surface area contributed by atoms with Gasteiger partial charge in [0, 0.05) is 90.7 Å². The number of thiazole rings is 2. The summed E-state index contributed by atoms with van der Waals surface area (Å²) in [5.41, 5.74) is 17.0. The average Bonchev–Trinajstić information content (AvgIpc) is 4.05. The number of fused-ring (bicyclic) bond motifs is 2. The number of carbonyl (C=O) groups excluding carboxylic acids is 3. The van der Waals surface area contributed by atoms with E-state index in [1.807, 2.05) is 105 Å². The van der Waals surface area contributed by atoms with Gasteiger partial charge in [0.1, 0.15) is 5.01 Å². The summed E-state index contributed by atoms with van der Waals surface area (Å²) in [5, 5.41) is 11.9. The van der Waals surface area contributed by atoms with Crippen LogP contribution in [-0.2, 0) is 9.59 Å². The Bertz CT molecular complexity index is 2830. The summed E-state index contributed by atoms with van der Waals surface area (Å²) in [7, 11) is 0. The van der Waals surface area contributed by atoms with Crippen LogP contribution >= 0.6 is 22.7 Å². The van der Waals surface area contributed by atoms with Crippen LogP contribution in [0.2, 0.25) is 0 Å². The molecule has 2 aliphatic heterocycles. The van der Waals surface area contributed by atoms with Crippen molar-refractivity contribution in [3.63, 3.8) is 0 Å². The van der Waals surface area contributed by atoms with Gasteiger partial charge in [0.15, 0.2) is 5.78 Å². The van der Waals surface area contributed by atoms with Gasteiger partial charge in [-0.1, -0.05) is 19.6 Å². The standard InChI is InChI=1S/C24H20N4OS.C21H19N3O2S.CH4/c1-13-14(2)21(26-15(13)3)10-19-18-9-16(6-7-20(18)27-23(19)29)22-12-30-24(28-22)17-5-4-8-25-11-17;1-10-18(22-11(2)20(10)12(3)25)8-16-15-7-14(19-9-27-13(4)23-19)5-6-17(15)24-21(16)26;/h4-12,26H,1-3H3,(H,27,29);5-9,22H,1-4H3,(H,24,26);1H4/b19-10-;16-8-;. The second-order valence-electron chi connectivity index (χ2n) is 14.2. The molecular weight excluding hydrogens is 763 g/mol. The lowest BCUT2D eigenvalue weighted by Gasteiger charge is -2.03. The molecule has 0 radical (unpaired) electrons. The maximum absolute atomic E-state index is 12.7. The van der Waals surface area contributed by atoms with Crippen LogP contribution in [0.3, 0.4) is 0 Å². The molecule has 0 saturated carbocycles. The number of anilines is 2. The van der Waals surface area contributed by atoms with E-state index in [9.17, 15) is 14.4 Å². The van der Waals surface area contributed by atoms with Crippen molar-refractivity contribution in [2.75, 3.05) is 10.6 Å². The Kier molecular flexibility index (Phi) is 10.8. The molecule has 292 valence electrons. The predicted octanol–water partition coefficient (Wildman–Crippen LogP) is 11.0. The molecule has 2 aromatic carbocycles. The van der Waals surface area contributed by atoms with Gasteiger partial charge in [-0.2, -0.15) is 0 Å². The zero-order chi connectivity index (χ0) is 40.1. The molecule has 58 heavy (non-hydrogen) atoms. The number of nitrogens with zero attached hydrogens (tertiary/aromatic N) is 3. The van der Waals surface area contributed by atoms with Crippen molar-refractivity contribution in [3.8, 4) is 33.1 Å². The summed E-state index contributed by atoms with van der Waals surface area (Å²) in [5.74, 6) is -0.211. The fraction of sp³-hybridized carbons (Fsp3) is 0.174. The fourth-order valence-electron chi connectivity index (χ4n) is 7.26. The van der Waals surface area contributed by atoms with E-state index in [1.54, 1.807) is 35.8 Å². The number of aromatic nitrogens is 5. The molecule has 0 unspecified atom stereocenters. The lowest BCUT2D eigenvalue weighted by molar-refractivity contribution is -0.111. The third-order valence-corrected chi connectivity index (χ3v) is 12.1. The van der Waals surface area contributed by atoms with E-state index >= 15 is 0 Å². The fourth-order valence-corrected chi connectivity index (χ4v) is 8.70. The summed E-state index contributed by atoms with van der Waals surface area (Å²) in [6.45, 7) is 13.5. The minimum absolute atomic E-state index is 0. The molecule has 4 N–H and O–H groups in total. The van der Waals surface area contributed by atoms with Crippen molar-refractivity contribution < 1.29 is 14.4 Å². The van der Waals surface area contributed by atoms with E-state index in [0.29, 0.717) is 16.7 Å². The lowest BCUT2D eigenvalue weighted by Crippen LogP contribution is -2.03.